The van der Waals surface area contributed by atoms with Gasteiger partial charge in [-0.1, -0.05) is 42.5 Å². The third kappa shape index (κ3) is 9.41. The predicted molar refractivity (Wildman–Crippen MR) is 139 cm³/mol. The largest absolute Gasteiger partial charge is 0.508 e. The van der Waals surface area contributed by atoms with Crippen LogP contribution in [0.4, 0.5) is 0 Å². The van der Waals surface area contributed by atoms with Crippen LogP contribution in [0, 0.1) is 0 Å². The van der Waals surface area contributed by atoms with E-state index >= 15 is 0 Å². The highest BCUT2D eigenvalue weighted by molar-refractivity contribution is 7.80. The number of phenols is 1. The molecule has 0 aliphatic rings. The zero-order chi connectivity index (χ0) is 27.5. The van der Waals surface area contributed by atoms with E-state index in [1.165, 1.54) is 19.1 Å². The summed E-state index contributed by atoms with van der Waals surface area (Å²) < 4.78 is 0. The summed E-state index contributed by atoms with van der Waals surface area (Å²) in [6, 6.07) is 9.84. The predicted octanol–water partition coefficient (Wildman–Crippen LogP) is -0.646. The summed E-state index contributed by atoms with van der Waals surface area (Å²) in [6.45, 7) is 1.30. The minimum Gasteiger partial charge on any atom is -0.508 e. The number of amides is 3. The number of nitrogens with two attached hydrogens (primary N) is 1. The van der Waals surface area contributed by atoms with Crippen LogP contribution >= 0.6 is 12.6 Å². The number of aliphatic hydroxyl groups is 1. The fourth-order valence-electron chi connectivity index (χ4n) is 3.42. The van der Waals surface area contributed by atoms with E-state index in [9.17, 15) is 34.5 Å². The number of thiol groups is 1. The average molecular weight is 533 g/mol. The number of nitrogens with one attached hydrogen (secondary N) is 3. The Labute approximate surface area is 219 Å². The van der Waals surface area contributed by atoms with Crippen molar-refractivity contribution >= 4 is 36.3 Å². The minimum atomic E-state index is -1.44. The molecule has 0 bridgehead atoms. The second-order valence-electron chi connectivity index (χ2n) is 8.54. The molecule has 8 N–H and O–H groups in total. The van der Waals surface area contributed by atoms with Crippen LogP contribution < -0.4 is 21.7 Å². The first-order chi connectivity index (χ1) is 17.5. The van der Waals surface area contributed by atoms with Crippen LogP contribution in [0.5, 0.6) is 5.75 Å². The van der Waals surface area contributed by atoms with E-state index in [0.29, 0.717) is 11.1 Å². The Kier molecular flexibility index (Phi) is 11.4. The molecular weight excluding hydrogens is 500 g/mol. The first-order valence-electron chi connectivity index (χ1n) is 11.5. The second-order valence-corrected chi connectivity index (χ2v) is 8.90. The Morgan fingerprint density at radius 3 is 1.95 bits per heavy atom. The summed E-state index contributed by atoms with van der Waals surface area (Å²) in [4.78, 5) is 50.0. The van der Waals surface area contributed by atoms with E-state index in [4.69, 9.17) is 5.73 Å². The van der Waals surface area contributed by atoms with Crippen LogP contribution in [-0.2, 0) is 32.0 Å². The average Bonchev–Trinajstić information content (AvgIpc) is 2.86. The van der Waals surface area contributed by atoms with Gasteiger partial charge in [-0.15, -0.1) is 0 Å². The molecule has 0 aromatic heterocycles. The second kappa shape index (κ2) is 14.2. The molecule has 37 heavy (non-hydrogen) atoms. The van der Waals surface area contributed by atoms with Gasteiger partial charge >= 0.3 is 5.97 Å². The summed E-state index contributed by atoms with van der Waals surface area (Å²) in [7, 11) is 0. The minimum absolute atomic E-state index is 0.0260. The molecule has 0 saturated heterocycles. The quantitative estimate of drug-likeness (QED) is 0.156. The molecule has 2 rings (SSSR count). The molecule has 0 aliphatic carbocycles. The van der Waals surface area contributed by atoms with Gasteiger partial charge in [0.2, 0.25) is 17.7 Å². The van der Waals surface area contributed by atoms with E-state index in [1.54, 1.807) is 42.5 Å². The van der Waals surface area contributed by atoms with Crippen molar-refractivity contribution in [1.29, 1.82) is 0 Å². The summed E-state index contributed by atoms with van der Waals surface area (Å²) in [5.41, 5.74) is 7.34. The highest BCUT2D eigenvalue weighted by atomic mass is 32.1. The van der Waals surface area contributed by atoms with Gasteiger partial charge in [-0.2, -0.15) is 12.6 Å². The summed E-state index contributed by atoms with van der Waals surface area (Å²) in [6.07, 6.45) is -1.20. The number of carboxylic acids is 1. The molecule has 5 unspecified atom stereocenters. The molecule has 0 heterocycles. The number of hydrogen-bond acceptors (Lipinski definition) is 8. The number of aliphatic hydroxyl groups excluding tert-OH is 1. The van der Waals surface area contributed by atoms with E-state index < -0.39 is 54.0 Å². The molecule has 2 aromatic rings. The van der Waals surface area contributed by atoms with E-state index in [0.717, 1.165) is 0 Å². The number of carbonyl (C=O) groups is 4. The van der Waals surface area contributed by atoms with Gasteiger partial charge in [0, 0.05) is 12.2 Å². The zero-order valence-corrected chi connectivity index (χ0v) is 21.1. The van der Waals surface area contributed by atoms with Crippen LogP contribution in [0.3, 0.4) is 0 Å². The Bertz CT molecular complexity index is 1070. The number of aromatic hydroxyl groups is 1. The van der Waals surface area contributed by atoms with Crippen molar-refractivity contribution in [2.45, 2.75) is 50.0 Å². The molecule has 5 atom stereocenters. The molecule has 2 aromatic carbocycles. The smallest absolute Gasteiger partial charge is 0.327 e. The molecule has 0 aliphatic heterocycles. The van der Waals surface area contributed by atoms with Crippen molar-refractivity contribution in [3.05, 3.63) is 65.7 Å². The lowest BCUT2D eigenvalue weighted by molar-refractivity contribution is -0.141. The molecule has 11 nitrogen and oxygen atoms in total. The zero-order valence-electron chi connectivity index (χ0n) is 20.2. The van der Waals surface area contributed by atoms with Crippen molar-refractivity contribution in [1.82, 2.24) is 16.0 Å². The number of aliphatic carboxylic acids is 1. The lowest BCUT2D eigenvalue weighted by atomic mass is 10.0. The van der Waals surface area contributed by atoms with E-state index in [-0.39, 0.29) is 24.3 Å². The molecular formula is C25H32N4O7S. The Morgan fingerprint density at radius 2 is 1.41 bits per heavy atom. The van der Waals surface area contributed by atoms with Gasteiger partial charge in [0.05, 0.1) is 12.1 Å². The molecule has 0 saturated carbocycles. The van der Waals surface area contributed by atoms with Crippen molar-refractivity contribution in [2.24, 2.45) is 5.73 Å². The van der Waals surface area contributed by atoms with Gasteiger partial charge in [0.25, 0.3) is 0 Å². The maximum absolute atomic E-state index is 13.1. The first kappa shape index (κ1) is 29.6. The highest BCUT2D eigenvalue weighted by Crippen LogP contribution is 2.11. The summed E-state index contributed by atoms with van der Waals surface area (Å²) in [5.74, 6) is -3.72. The molecule has 12 heteroatoms. The van der Waals surface area contributed by atoms with Crippen LogP contribution in [0.1, 0.15) is 18.1 Å². The van der Waals surface area contributed by atoms with Crippen molar-refractivity contribution in [3.8, 4) is 5.75 Å². The lowest BCUT2D eigenvalue weighted by Gasteiger charge is -2.26. The molecule has 0 fully saturated rings. The third-order valence-corrected chi connectivity index (χ3v) is 5.87. The SMILES string of the molecule is CC(O)C(NC(=O)C(N)Cc1ccc(O)cc1)C(=O)NC(Cc1ccccc1)C(=O)NC(CS)C(=O)O. The van der Waals surface area contributed by atoms with Crippen LogP contribution in [0.15, 0.2) is 54.6 Å². The Balaban J connectivity index is 2.14. The van der Waals surface area contributed by atoms with Gasteiger partial charge in [-0.3, -0.25) is 14.4 Å². The summed E-state index contributed by atoms with van der Waals surface area (Å²) >= 11 is 3.94. The molecule has 3 amide bonds. The van der Waals surface area contributed by atoms with Gasteiger partial charge in [-0.05, 0) is 36.6 Å². The van der Waals surface area contributed by atoms with Gasteiger partial charge < -0.3 is 37.0 Å². The number of rotatable bonds is 13. The van der Waals surface area contributed by atoms with E-state index in [2.05, 4.69) is 28.6 Å². The fourth-order valence-corrected chi connectivity index (χ4v) is 3.67. The van der Waals surface area contributed by atoms with Crippen molar-refractivity contribution in [2.75, 3.05) is 5.75 Å². The maximum atomic E-state index is 13.1. The van der Waals surface area contributed by atoms with Crippen LogP contribution in [0.25, 0.3) is 0 Å². The standard InChI is InChI=1S/C25H32N4O7S/c1-14(30)21(29-22(32)18(26)11-16-7-9-17(31)10-8-16)24(34)27-19(12-15-5-3-2-4-6-15)23(33)28-20(13-37)25(35)36/h2-10,14,18-21,30-31,37H,11-13,26H2,1H3,(H,27,34)(H,28,33)(H,29,32)(H,35,36). The molecule has 200 valence electrons. The third-order valence-electron chi connectivity index (χ3n) is 5.50. The first-order valence-corrected chi connectivity index (χ1v) is 12.1. The normalized spacial score (nSPS) is 14.9. The van der Waals surface area contributed by atoms with Crippen LogP contribution in [0.2, 0.25) is 0 Å². The van der Waals surface area contributed by atoms with E-state index in [1.807, 2.05) is 0 Å². The number of hydrogen-bond donors (Lipinski definition) is 8. The number of benzene rings is 2. The van der Waals surface area contributed by atoms with Gasteiger partial charge in [0.15, 0.2) is 0 Å². The molecule has 0 spiro atoms. The highest BCUT2D eigenvalue weighted by Gasteiger charge is 2.32. The van der Waals surface area contributed by atoms with Crippen molar-refractivity contribution in [3.63, 3.8) is 0 Å². The number of carboxylic acid groups (broad SMARTS) is 1. The monoisotopic (exact) mass is 532 g/mol. The maximum Gasteiger partial charge on any atom is 0.327 e. The number of carbonyl (C=O) groups excluding carboxylic acids is 3. The molecule has 0 radical (unpaired) electrons. The summed E-state index contributed by atoms with van der Waals surface area (Å²) in [5, 5.41) is 36.1. The topological polar surface area (TPSA) is 191 Å². The Hall–Kier alpha value is -3.61. The fraction of sp³-hybridized carbons (Fsp3) is 0.360. The van der Waals surface area contributed by atoms with Crippen molar-refractivity contribution < 1.29 is 34.5 Å². The van der Waals surface area contributed by atoms with Gasteiger partial charge in [-0.25, -0.2) is 4.79 Å². The lowest BCUT2D eigenvalue weighted by Crippen LogP contribution is -2.60. The van der Waals surface area contributed by atoms with Crippen LogP contribution in [-0.4, -0.2) is 75.0 Å². The van der Waals surface area contributed by atoms with Gasteiger partial charge in [0.1, 0.15) is 23.9 Å². The Morgan fingerprint density at radius 1 is 0.838 bits per heavy atom. The number of phenolic OH excluding ortho intramolecular Hbond substituents is 1.